The average Bonchev–Trinajstić information content (AvgIpc) is 3.42. The molecule has 6 heteroatoms. The fraction of sp³-hybridized carbons (Fsp3) is 0.125. The largest absolute Gasteiger partial charge is 0.478 e. The van der Waals surface area contributed by atoms with Crippen LogP contribution in [0.15, 0.2) is 59.4 Å². The summed E-state index contributed by atoms with van der Waals surface area (Å²) >= 11 is 1.67. The second-order valence-corrected chi connectivity index (χ2v) is 8.40. The van der Waals surface area contributed by atoms with E-state index in [-0.39, 0.29) is 11.5 Å². The van der Waals surface area contributed by atoms with Crippen LogP contribution in [0.25, 0.3) is 44.2 Å². The number of aromatic amines is 1. The fourth-order valence-electron chi connectivity index (χ4n) is 3.99. The maximum Gasteiger partial charge on any atom is 0.335 e. The number of aromatic nitrogens is 3. The lowest BCUT2D eigenvalue weighted by molar-refractivity contribution is 0.0697. The van der Waals surface area contributed by atoms with Crippen molar-refractivity contribution in [3.05, 3.63) is 70.5 Å². The SMILES string of the molecule is CC(C)c1c(-c2ccc(C(=O)O)cc2)nc2cc3[nH]ncc3cc2c1-c1ccsc1. The van der Waals surface area contributed by atoms with Crippen LogP contribution in [0.3, 0.4) is 0 Å². The average molecular weight is 414 g/mol. The van der Waals surface area contributed by atoms with Crippen molar-refractivity contribution in [2.24, 2.45) is 0 Å². The van der Waals surface area contributed by atoms with E-state index in [1.807, 2.05) is 24.4 Å². The zero-order chi connectivity index (χ0) is 20.8. The molecular weight excluding hydrogens is 394 g/mol. The van der Waals surface area contributed by atoms with Crippen molar-refractivity contribution >= 4 is 39.1 Å². The second kappa shape index (κ2) is 7.07. The van der Waals surface area contributed by atoms with Gasteiger partial charge in [0.2, 0.25) is 0 Å². The van der Waals surface area contributed by atoms with E-state index in [1.54, 1.807) is 23.5 Å². The molecule has 0 saturated heterocycles. The Bertz CT molecular complexity index is 1380. The van der Waals surface area contributed by atoms with Crippen LogP contribution in [0.2, 0.25) is 0 Å². The normalized spacial score (nSPS) is 11.6. The van der Waals surface area contributed by atoms with Crippen LogP contribution >= 0.6 is 11.3 Å². The minimum atomic E-state index is -0.933. The summed E-state index contributed by atoms with van der Waals surface area (Å²) in [7, 11) is 0. The van der Waals surface area contributed by atoms with Gasteiger partial charge in [-0.25, -0.2) is 9.78 Å². The van der Waals surface area contributed by atoms with E-state index >= 15 is 0 Å². The Morgan fingerprint density at radius 1 is 1.10 bits per heavy atom. The molecule has 0 spiro atoms. The molecule has 0 aliphatic carbocycles. The summed E-state index contributed by atoms with van der Waals surface area (Å²) in [6.45, 7) is 4.34. The summed E-state index contributed by atoms with van der Waals surface area (Å²) in [6, 6.07) is 13.3. The number of benzene rings is 2. The number of fused-ring (bicyclic) bond motifs is 2. The lowest BCUT2D eigenvalue weighted by atomic mass is 9.87. The Labute approximate surface area is 177 Å². The van der Waals surface area contributed by atoms with Crippen LogP contribution in [0, 0.1) is 0 Å². The van der Waals surface area contributed by atoms with Gasteiger partial charge in [-0.2, -0.15) is 16.4 Å². The first-order chi connectivity index (χ1) is 14.5. The topological polar surface area (TPSA) is 78.9 Å². The Morgan fingerprint density at radius 2 is 1.90 bits per heavy atom. The summed E-state index contributed by atoms with van der Waals surface area (Å²) in [5.74, 6) is -0.705. The summed E-state index contributed by atoms with van der Waals surface area (Å²) in [5, 5.41) is 22.9. The van der Waals surface area contributed by atoms with E-state index in [0.29, 0.717) is 0 Å². The molecule has 0 radical (unpaired) electrons. The van der Waals surface area contributed by atoms with Crippen molar-refractivity contribution < 1.29 is 9.90 Å². The molecule has 2 N–H and O–H groups in total. The second-order valence-electron chi connectivity index (χ2n) is 7.62. The number of carboxylic acid groups (broad SMARTS) is 1. The summed E-state index contributed by atoms with van der Waals surface area (Å²) in [5.41, 5.74) is 7.39. The van der Waals surface area contributed by atoms with Crippen molar-refractivity contribution in [2.45, 2.75) is 19.8 Å². The monoisotopic (exact) mass is 413 g/mol. The molecule has 5 aromatic rings. The predicted octanol–water partition coefficient (Wildman–Crippen LogP) is 6.33. The number of H-pyrrole nitrogens is 1. The maximum absolute atomic E-state index is 11.3. The number of rotatable bonds is 4. The molecule has 2 aromatic carbocycles. The molecule has 0 aliphatic heterocycles. The zero-order valence-corrected chi connectivity index (χ0v) is 17.3. The number of pyridine rings is 1. The van der Waals surface area contributed by atoms with E-state index in [4.69, 9.17) is 4.98 Å². The van der Waals surface area contributed by atoms with Gasteiger partial charge in [0.25, 0.3) is 0 Å². The lowest BCUT2D eigenvalue weighted by Gasteiger charge is -2.20. The molecule has 0 bridgehead atoms. The van der Waals surface area contributed by atoms with Gasteiger partial charge in [0.1, 0.15) is 0 Å². The van der Waals surface area contributed by atoms with Gasteiger partial charge in [0.05, 0.1) is 28.5 Å². The van der Waals surface area contributed by atoms with Crippen LogP contribution in [0.4, 0.5) is 0 Å². The van der Waals surface area contributed by atoms with Crippen LogP contribution < -0.4 is 0 Å². The van der Waals surface area contributed by atoms with Crippen molar-refractivity contribution in [2.75, 3.05) is 0 Å². The summed E-state index contributed by atoms with van der Waals surface area (Å²) < 4.78 is 0. The predicted molar refractivity (Wildman–Crippen MR) is 121 cm³/mol. The van der Waals surface area contributed by atoms with Gasteiger partial charge in [0.15, 0.2) is 0 Å². The van der Waals surface area contributed by atoms with Crippen molar-refractivity contribution in [1.29, 1.82) is 0 Å². The molecule has 3 aromatic heterocycles. The molecular formula is C24H19N3O2S. The Morgan fingerprint density at radius 3 is 2.57 bits per heavy atom. The Hall–Kier alpha value is -3.51. The molecule has 0 amide bonds. The third-order valence-corrected chi connectivity index (χ3v) is 6.06. The van der Waals surface area contributed by atoms with Gasteiger partial charge in [-0.3, -0.25) is 5.10 Å². The van der Waals surface area contributed by atoms with Crippen molar-refractivity contribution in [1.82, 2.24) is 15.2 Å². The summed E-state index contributed by atoms with van der Waals surface area (Å²) in [4.78, 5) is 16.3. The quantitative estimate of drug-likeness (QED) is 0.361. The van der Waals surface area contributed by atoms with Gasteiger partial charge in [0, 0.05) is 16.3 Å². The first-order valence-electron chi connectivity index (χ1n) is 9.70. The van der Waals surface area contributed by atoms with Gasteiger partial charge in [-0.1, -0.05) is 26.0 Å². The van der Waals surface area contributed by atoms with E-state index in [0.717, 1.165) is 38.6 Å². The van der Waals surface area contributed by atoms with E-state index < -0.39 is 5.97 Å². The van der Waals surface area contributed by atoms with Crippen LogP contribution in [-0.2, 0) is 0 Å². The highest BCUT2D eigenvalue weighted by Crippen LogP contribution is 2.42. The van der Waals surface area contributed by atoms with Crippen LogP contribution in [0.1, 0.15) is 35.7 Å². The number of hydrogen-bond donors (Lipinski definition) is 2. The number of hydrogen-bond acceptors (Lipinski definition) is 4. The molecule has 0 fully saturated rings. The van der Waals surface area contributed by atoms with Gasteiger partial charge >= 0.3 is 5.97 Å². The molecule has 5 nitrogen and oxygen atoms in total. The molecule has 0 saturated carbocycles. The Balaban J connectivity index is 1.89. The number of carbonyl (C=O) groups is 1. The van der Waals surface area contributed by atoms with Crippen LogP contribution in [-0.4, -0.2) is 26.3 Å². The number of nitrogens with one attached hydrogen (secondary N) is 1. The van der Waals surface area contributed by atoms with Gasteiger partial charge in [-0.05, 0) is 63.7 Å². The zero-order valence-electron chi connectivity index (χ0n) is 16.5. The minimum absolute atomic E-state index is 0.228. The third kappa shape index (κ3) is 2.97. The molecule has 0 atom stereocenters. The van der Waals surface area contributed by atoms with Crippen molar-refractivity contribution in [3.63, 3.8) is 0 Å². The standard InChI is InChI=1S/C24H19N3O2S/c1-13(2)21-22(16-7-8-30-12-16)18-9-17-11-25-27-19(17)10-20(18)26-23(21)14-3-5-15(6-4-14)24(28)29/h3-13H,1-2H3,(H,25,27)(H,28,29). The molecule has 3 heterocycles. The Kier molecular flexibility index (Phi) is 4.37. The number of aromatic carboxylic acids is 1. The number of carboxylic acids is 1. The fourth-order valence-corrected chi connectivity index (χ4v) is 4.63. The molecule has 0 unspecified atom stereocenters. The highest BCUT2D eigenvalue weighted by atomic mass is 32.1. The van der Waals surface area contributed by atoms with Gasteiger partial charge < -0.3 is 5.11 Å². The van der Waals surface area contributed by atoms with Crippen LogP contribution in [0.5, 0.6) is 0 Å². The van der Waals surface area contributed by atoms with E-state index in [2.05, 4.69) is 46.9 Å². The molecule has 148 valence electrons. The number of thiophene rings is 1. The number of nitrogens with zero attached hydrogens (tertiary/aromatic N) is 2. The smallest absolute Gasteiger partial charge is 0.335 e. The highest BCUT2D eigenvalue weighted by molar-refractivity contribution is 7.08. The third-order valence-electron chi connectivity index (χ3n) is 5.38. The highest BCUT2D eigenvalue weighted by Gasteiger charge is 2.21. The first-order valence-corrected chi connectivity index (χ1v) is 10.6. The van der Waals surface area contributed by atoms with E-state index in [1.165, 1.54) is 11.1 Å². The first kappa shape index (κ1) is 18.5. The van der Waals surface area contributed by atoms with Gasteiger partial charge in [-0.15, -0.1) is 0 Å². The molecule has 5 rings (SSSR count). The minimum Gasteiger partial charge on any atom is -0.478 e. The maximum atomic E-state index is 11.3. The van der Waals surface area contributed by atoms with Crippen molar-refractivity contribution in [3.8, 4) is 22.4 Å². The molecule has 30 heavy (non-hydrogen) atoms. The lowest BCUT2D eigenvalue weighted by Crippen LogP contribution is -2.02. The molecule has 0 aliphatic rings. The summed E-state index contributed by atoms with van der Waals surface area (Å²) in [6.07, 6.45) is 1.83. The van der Waals surface area contributed by atoms with E-state index in [9.17, 15) is 9.90 Å².